The molecular weight excluding hydrogens is 351 g/mol. The van der Waals surface area contributed by atoms with E-state index < -0.39 is 11.7 Å². The quantitative estimate of drug-likeness (QED) is 0.637. The molecule has 26 heavy (non-hydrogen) atoms. The largest absolute Gasteiger partial charge is 0.366 e. The van der Waals surface area contributed by atoms with Crippen LogP contribution in [-0.2, 0) is 13.0 Å². The van der Waals surface area contributed by atoms with Gasteiger partial charge < -0.3 is 16.0 Å². The van der Waals surface area contributed by atoms with Crippen LogP contribution >= 0.6 is 11.3 Å². The molecule has 0 spiro atoms. The first-order chi connectivity index (χ1) is 12.3. The maximum atomic E-state index is 13.6. The molecular formula is C19H23FN4OS. The first-order valence-corrected chi connectivity index (χ1v) is 9.48. The van der Waals surface area contributed by atoms with Crippen LogP contribution in [0.5, 0.6) is 0 Å². The summed E-state index contributed by atoms with van der Waals surface area (Å²) in [6, 6.07) is 4.56. The monoisotopic (exact) mass is 374 g/mol. The summed E-state index contributed by atoms with van der Waals surface area (Å²) < 4.78 is 13.6. The minimum atomic E-state index is -0.683. The van der Waals surface area contributed by atoms with E-state index in [0.717, 1.165) is 36.4 Å². The van der Waals surface area contributed by atoms with Crippen LogP contribution in [0.1, 0.15) is 41.6 Å². The molecule has 0 unspecified atom stereocenters. The molecule has 138 valence electrons. The van der Waals surface area contributed by atoms with Crippen molar-refractivity contribution in [3.8, 4) is 10.7 Å². The summed E-state index contributed by atoms with van der Waals surface area (Å²) in [6.07, 6.45) is 0.993. The third-order valence-corrected chi connectivity index (χ3v) is 4.99. The van der Waals surface area contributed by atoms with Gasteiger partial charge in [-0.3, -0.25) is 4.79 Å². The second kappa shape index (κ2) is 7.55. The molecule has 0 bridgehead atoms. The van der Waals surface area contributed by atoms with Gasteiger partial charge in [0.15, 0.2) is 0 Å². The summed E-state index contributed by atoms with van der Waals surface area (Å²) in [5.41, 5.74) is 7.62. The number of thiophene rings is 1. The predicted octanol–water partition coefficient (Wildman–Crippen LogP) is 3.84. The van der Waals surface area contributed by atoms with Gasteiger partial charge in [0.05, 0.1) is 16.0 Å². The predicted molar refractivity (Wildman–Crippen MR) is 104 cm³/mol. The highest BCUT2D eigenvalue weighted by atomic mass is 32.1. The number of aromatic amines is 1. The Hall–Kier alpha value is -2.25. The summed E-state index contributed by atoms with van der Waals surface area (Å²) in [5, 5.41) is 3.33. The third-order valence-electron chi connectivity index (χ3n) is 3.80. The molecule has 7 heteroatoms. The number of nitrogens with zero attached hydrogens (tertiary/aromatic N) is 1. The number of benzene rings is 1. The maximum Gasteiger partial charge on any atom is 0.251 e. The Balaban J connectivity index is 0.000000447. The Labute approximate surface area is 155 Å². The van der Waals surface area contributed by atoms with Crippen molar-refractivity contribution in [2.24, 2.45) is 11.7 Å². The van der Waals surface area contributed by atoms with Gasteiger partial charge >= 0.3 is 0 Å². The summed E-state index contributed by atoms with van der Waals surface area (Å²) in [7, 11) is 0. The van der Waals surface area contributed by atoms with Gasteiger partial charge in [0, 0.05) is 11.4 Å². The molecule has 0 saturated heterocycles. The molecule has 4 N–H and O–H groups in total. The molecule has 1 aliphatic rings. The van der Waals surface area contributed by atoms with E-state index >= 15 is 0 Å². The van der Waals surface area contributed by atoms with Crippen LogP contribution in [0.3, 0.4) is 0 Å². The Morgan fingerprint density at radius 3 is 2.69 bits per heavy atom. The van der Waals surface area contributed by atoms with Crippen molar-refractivity contribution in [2.45, 2.75) is 33.7 Å². The molecule has 1 aromatic carbocycles. The zero-order valence-electron chi connectivity index (χ0n) is 15.1. The number of hydrogen-bond acceptors (Lipinski definition) is 4. The van der Waals surface area contributed by atoms with Crippen molar-refractivity contribution in [3.63, 3.8) is 0 Å². The molecule has 0 fully saturated rings. The minimum absolute atomic E-state index is 0.0977. The first-order valence-electron chi connectivity index (χ1n) is 8.67. The van der Waals surface area contributed by atoms with E-state index in [1.54, 1.807) is 11.3 Å². The number of carbonyl (C=O) groups excluding carboxylic acids is 1. The van der Waals surface area contributed by atoms with Gasteiger partial charge in [-0.1, -0.05) is 20.8 Å². The van der Waals surface area contributed by atoms with E-state index in [1.165, 1.54) is 16.5 Å². The highest BCUT2D eigenvalue weighted by molar-refractivity contribution is 7.15. The normalized spacial score (nSPS) is 13.4. The molecule has 1 aliphatic heterocycles. The Morgan fingerprint density at radius 1 is 1.31 bits per heavy atom. The van der Waals surface area contributed by atoms with Crippen LogP contribution in [0.15, 0.2) is 18.2 Å². The van der Waals surface area contributed by atoms with Gasteiger partial charge in [-0.05, 0) is 42.6 Å². The second-order valence-electron chi connectivity index (χ2n) is 7.02. The lowest BCUT2D eigenvalue weighted by atomic mass is 10.1. The summed E-state index contributed by atoms with van der Waals surface area (Å²) >= 11 is 1.66. The molecule has 3 aromatic rings. The number of amides is 1. The van der Waals surface area contributed by atoms with Crippen molar-refractivity contribution in [3.05, 3.63) is 40.0 Å². The fraction of sp³-hybridized carbons (Fsp3) is 0.368. The lowest BCUT2D eigenvalue weighted by molar-refractivity contribution is 0.100. The Kier molecular flexibility index (Phi) is 5.38. The molecule has 0 radical (unpaired) electrons. The molecule has 2 aromatic heterocycles. The number of imidazole rings is 1. The van der Waals surface area contributed by atoms with Gasteiger partial charge in [-0.15, -0.1) is 11.3 Å². The van der Waals surface area contributed by atoms with Crippen molar-refractivity contribution < 1.29 is 9.18 Å². The number of nitrogens with two attached hydrogens (primary N) is 1. The van der Waals surface area contributed by atoms with E-state index in [2.05, 4.69) is 42.1 Å². The molecule has 0 atom stereocenters. The summed E-state index contributed by atoms with van der Waals surface area (Å²) in [4.78, 5) is 21.3. The number of halogens is 1. The van der Waals surface area contributed by atoms with E-state index in [1.807, 2.05) is 0 Å². The molecule has 0 aliphatic carbocycles. The van der Waals surface area contributed by atoms with Crippen molar-refractivity contribution in [1.29, 1.82) is 0 Å². The highest BCUT2D eigenvalue weighted by Crippen LogP contribution is 2.33. The number of primary amides is 1. The maximum absolute atomic E-state index is 13.6. The molecule has 0 saturated carbocycles. The van der Waals surface area contributed by atoms with Gasteiger partial charge in [0.2, 0.25) is 0 Å². The zero-order chi connectivity index (χ0) is 18.8. The second-order valence-corrected chi connectivity index (χ2v) is 8.15. The lowest BCUT2D eigenvalue weighted by Crippen LogP contribution is -2.21. The van der Waals surface area contributed by atoms with E-state index in [9.17, 15) is 9.18 Å². The number of hydrogen-bond donors (Lipinski definition) is 3. The Bertz CT molecular complexity index is 918. The molecule has 1 amide bonds. The van der Waals surface area contributed by atoms with Crippen molar-refractivity contribution in [1.82, 2.24) is 15.3 Å². The van der Waals surface area contributed by atoms with Gasteiger partial charge in [0.1, 0.15) is 17.2 Å². The van der Waals surface area contributed by atoms with Gasteiger partial charge in [0.25, 0.3) is 5.91 Å². The number of aromatic nitrogens is 2. The van der Waals surface area contributed by atoms with Crippen LogP contribution < -0.4 is 11.1 Å². The minimum Gasteiger partial charge on any atom is -0.366 e. The van der Waals surface area contributed by atoms with Crippen LogP contribution in [-0.4, -0.2) is 22.4 Å². The topological polar surface area (TPSA) is 83.8 Å². The number of nitrogens with one attached hydrogen (secondary N) is 2. The SMILES string of the molecule is CC(C)C.NC(=O)c1cc(F)cc2[nH]c(-c3cc4c(s3)CNCC4)nc12. The lowest BCUT2D eigenvalue weighted by Gasteiger charge is -2.10. The first kappa shape index (κ1) is 18.5. The number of carbonyl (C=O) groups is 1. The van der Waals surface area contributed by atoms with Gasteiger partial charge in [-0.25, -0.2) is 9.37 Å². The van der Waals surface area contributed by atoms with E-state index in [4.69, 9.17) is 5.73 Å². The zero-order valence-corrected chi connectivity index (χ0v) is 16.0. The number of fused-ring (bicyclic) bond motifs is 2. The third kappa shape index (κ3) is 3.94. The summed E-state index contributed by atoms with van der Waals surface area (Å²) in [6.45, 7) is 8.34. The standard InChI is InChI=1S/C15H13FN4OS.C4H10/c16-8-4-9(14(17)21)13-10(5-8)19-15(20-13)11-3-7-1-2-18-6-12(7)22-11;1-4(2)3/h3-5,18H,1-2,6H2,(H2,17,21)(H,19,20);4H,1-3H3. The van der Waals surface area contributed by atoms with E-state index in [-0.39, 0.29) is 5.56 Å². The van der Waals surface area contributed by atoms with Crippen LogP contribution in [0, 0.1) is 11.7 Å². The summed E-state index contributed by atoms with van der Waals surface area (Å²) in [5.74, 6) is 0.283. The molecule has 5 nitrogen and oxygen atoms in total. The molecule has 3 heterocycles. The fourth-order valence-corrected chi connectivity index (χ4v) is 3.88. The average Bonchev–Trinajstić information content (AvgIpc) is 3.16. The fourth-order valence-electron chi connectivity index (χ4n) is 2.76. The average molecular weight is 374 g/mol. The van der Waals surface area contributed by atoms with Crippen molar-refractivity contribution in [2.75, 3.05) is 6.54 Å². The smallest absolute Gasteiger partial charge is 0.251 e. The number of rotatable bonds is 2. The van der Waals surface area contributed by atoms with Crippen LogP contribution in [0.25, 0.3) is 21.7 Å². The highest BCUT2D eigenvalue weighted by Gasteiger charge is 2.18. The van der Waals surface area contributed by atoms with Crippen molar-refractivity contribution >= 4 is 28.3 Å². The molecule has 4 rings (SSSR count). The number of H-pyrrole nitrogens is 1. The van der Waals surface area contributed by atoms with Crippen LogP contribution in [0.2, 0.25) is 0 Å². The van der Waals surface area contributed by atoms with E-state index in [0.29, 0.717) is 16.9 Å². The van der Waals surface area contributed by atoms with Crippen LogP contribution in [0.4, 0.5) is 4.39 Å². The van der Waals surface area contributed by atoms with Gasteiger partial charge in [-0.2, -0.15) is 0 Å². The Morgan fingerprint density at radius 2 is 2.04 bits per heavy atom.